The first kappa shape index (κ1) is 16.1. The van der Waals surface area contributed by atoms with Crippen molar-refractivity contribution >= 4 is 15.7 Å². The molecule has 0 spiro atoms. The summed E-state index contributed by atoms with van der Waals surface area (Å²) in [5.41, 5.74) is -0.784. The molecule has 0 saturated heterocycles. The molecule has 22 heavy (non-hydrogen) atoms. The predicted octanol–water partition coefficient (Wildman–Crippen LogP) is -1.77. The highest BCUT2D eigenvalue weighted by atomic mass is 32.2. The molecule has 0 amide bonds. The lowest BCUT2D eigenvalue weighted by molar-refractivity contribution is 0.153. The molecule has 11 heteroatoms. The Morgan fingerprint density at radius 3 is 2.95 bits per heavy atom. The second-order valence-electron chi connectivity index (χ2n) is 4.07. The summed E-state index contributed by atoms with van der Waals surface area (Å²) < 4.78 is 33.5. The van der Waals surface area contributed by atoms with E-state index in [-0.39, 0.29) is 30.4 Å². The number of hydrogen-bond acceptors (Lipinski definition) is 7. The Hall–Kier alpha value is -2.29. The van der Waals surface area contributed by atoms with E-state index in [1.54, 1.807) is 6.92 Å². The Bertz CT molecular complexity index is 863. The number of fused-ring (bicyclic) bond motifs is 1. The Morgan fingerprint density at radius 2 is 2.27 bits per heavy atom. The van der Waals surface area contributed by atoms with E-state index >= 15 is 0 Å². The normalized spacial score (nSPS) is 11.6. The number of nitrogens with zero attached hydrogens (tertiary/aromatic N) is 5. The van der Waals surface area contributed by atoms with Gasteiger partial charge < -0.3 is 4.74 Å². The largest absolute Gasteiger partial charge is 0.380 e. The second-order valence-corrected chi connectivity index (χ2v) is 5.75. The van der Waals surface area contributed by atoms with Crippen LogP contribution >= 0.6 is 0 Å². The summed E-state index contributed by atoms with van der Waals surface area (Å²) in [5, 5.41) is 6.91. The third-order valence-corrected chi connectivity index (χ3v) is 4.00. The van der Waals surface area contributed by atoms with Crippen molar-refractivity contribution in [3.05, 3.63) is 16.8 Å². The van der Waals surface area contributed by atoms with Gasteiger partial charge in [0.05, 0.1) is 6.61 Å². The number of nitrogens with one attached hydrogen (secondary N) is 1. The fraction of sp³-hybridized carbons (Fsp3) is 0.455. The Balaban J connectivity index is 2.35. The molecule has 10 nitrogen and oxygen atoms in total. The van der Waals surface area contributed by atoms with Gasteiger partial charge in [0.15, 0.2) is 0 Å². The van der Waals surface area contributed by atoms with E-state index in [9.17, 15) is 13.2 Å². The Kier molecular flexibility index (Phi) is 4.86. The van der Waals surface area contributed by atoms with E-state index in [1.165, 1.54) is 0 Å². The molecular weight excluding hydrogens is 312 g/mol. The topological polar surface area (TPSA) is 120 Å². The number of imidazole rings is 1. The number of aromatic nitrogens is 5. The maximum atomic E-state index is 12.1. The minimum absolute atomic E-state index is 0.0748. The highest BCUT2D eigenvalue weighted by Gasteiger charge is 2.23. The van der Waals surface area contributed by atoms with Crippen LogP contribution in [0.5, 0.6) is 0 Å². The average Bonchev–Trinajstić information content (AvgIpc) is 2.92. The molecule has 2 rings (SSSR count). The van der Waals surface area contributed by atoms with Crippen LogP contribution in [0.1, 0.15) is 6.92 Å². The van der Waals surface area contributed by atoms with E-state index in [1.807, 2.05) is 0 Å². The maximum Gasteiger partial charge on any atom is 0.353 e. The number of ether oxygens (including phenoxy) is 1. The number of hydrogen-bond donors (Lipinski definition) is 1. The van der Waals surface area contributed by atoms with Gasteiger partial charge in [-0.05, 0) is 6.92 Å². The van der Waals surface area contributed by atoms with Crippen LogP contribution in [0.4, 0.5) is 0 Å². The molecule has 0 fully saturated rings. The third kappa shape index (κ3) is 3.14. The molecular formula is C11H14N6O4S. The van der Waals surface area contributed by atoms with E-state index in [4.69, 9.17) is 11.2 Å². The van der Waals surface area contributed by atoms with Gasteiger partial charge in [0, 0.05) is 13.2 Å². The van der Waals surface area contributed by atoms with Crippen LogP contribution in [0.25, 0.3) is 5.65 Å². The first-order valence-corrected chi connectivity index (χ1v) is 7.81. The summed E-state index contributed by atoms with van der Waals surface area (Å²) in [6.07, 6.45) is 6.17. The summed E-state index contributed by atoms with van der Waals surface area (Å²) in [4.78, 5) is 15.7. The fourth-order valence-electron chi connectivity index (χ4n) is 1.65. The van der Waals surface area contributed by atoms with Crippen molar-refractivity contribution in [1.82, 2.24) is 29.1 Å². The molecule has 0 bridgehead atoms. The van der Waals surface area contributed by atoms with E-state index in [2.05, 4.69) is 25.9 Å². The third-order valence-electron chi connectivity index (χ3n) is 2.62. The van der Waals surface area contributed by atoms with Crippen molar-refractivity contribution in [2.45, 2.75) is 18.5 Å². The second kappa shape index (κ2) is 6.65. The van der Waals surface area contributed by atoms with Crippen LogP contribution in [0.2, 0.25) is 0 Å². The molecule has 2 aromatic rings. The van der Waals surface area contributed by atoms with Gasteiger partial charge in [-0.15, -0.1) is 11.5 Å². The zero-order chi connectivity index (χ0) is 16.2. The van der Waals surface area contributed by atoms with Gasteiger partial charge in [-0.3, -0.25) is 0 Å². The molecule has 0 saturated carbocycles. The quantitative estimate of drug-likeness (QED) is 0.472. The molecule has 0 aliphatic rings. The fourth-order valence-corrected chi connectivity index (χ4v) is 2.71. The lowest BCUT2D eigenvalue weighted by Crippen LogP contribution is -2.31. The van der Waals surface area contributed by atoms with Gasteiger partial charge in [-0.25, -0.2) is 27.3 Å². The maximum absolute atomic E-state index is 12.1. The van der Waals surface area contributed by atoms with Crippen molar-refractivity contribution in [3.8, 4) is 12.3 Å². The van der Waals surface area contributed by atoms with Crippen molar-refractivity contribution in [1.29, 1.82) is 0 Å². The molecule has 118 valence electrons. The number of rotatable bonds is 7. The molecule has 2 aromatic heterocycles. The molecule has 0 aromatic carbocycles. The predicted molar refractivity (Wildman–Crippen MR) is 75.6 cm³/mol. The first-order valence-electron chi connectivity index (χ1n) is 6.33. The van der Waals surface area contributed by atoms with Gasteiger partial charge in [0.1, 0.15) is 12.9 Å². The monoisotopic (exact) mass is 326 g/mol. The summed E-state index contributed by atoms with van der Waals surface area (Å²) >= 11 is 0. The lowest BCUT2D eigenvalue weighted by atomic mass is 10.7. The summed E-state index contributed by atoms with van der Waals surface area (Å²) in [5.74, 6) is 2.25. The molecule has 0 radical (unpaired) electrons. The van der Waals surface area contributed by atoms with Gasteiger partial charge in [-0.1, -0.05) is 11.1 Å². The Morgan fingerprint density at radius 1 is 1.50 bits per heavy atom. The van der Waals surface area contributed by atoms with Crippen LogP contribution in [-0.4, -0.2) is 52.6 Å². The molecule has 0 aliphatic carbocycles. The lowest BCUT2D eigenvalue weighted by Gasteiger charge is -2.04. The van der Waals surface area contributed by atoms with Crippen LogP contribution in [-0.2, 0) is 21.3 Å². The molecule has 2 heterocycles. The van der Waals surface area contributed by atoms with Crippen LogP contribution in [0, 0.1) is 12.3 Å². The zero-order valence-electron chi connectivity index (χ0n) is 11.8. The summed E-state index contributed by atoms with van der Waals surface area (Å²) in [6, 6.07) is 0. The summed E-state index contributed by atoms with van der Waals surface area (Å²) in [7, 11) is -3.92. The highest BCUT2D eigenvalue weighted by Crippen LogP contribution is 2.09. The number of terminal acetylenes is 1. The smallest absolute Gasteiger partial charge is 0.353 e. The number of sulfonamides is 1. The van der Waals surface area contributed by atoms with Gasteiger partial charge in [-0.2, -0.15) is 4.68 Å². The van der Waals surface area contributed by atoms with E-state index in [0.717, 1.165) is 15.4 Å². The molecule has 1 N–H and O–H groups in total. The average molecular weight is 326 g/mol. The zero-order valence-corrected chi connectivity index (χ0v) is 12.6. The van der Waals surface area contributed by atoms with Crippen LogP contribution < -0.4 is 10.4 Å². The van der Waals surface area contributed by atoms with Gasteiger partial charge in [0.2, 0.25) is 10.7 Å². The van der Waals surface area contributed by atoms with Gasteiger partial charge in [0.25, 0.3) is 10.0 Å². The van der Waals surface area contributed by atoms with Crippen LogP contribution in [0.15, 0.2) is 16.1 Å². The van der Waals surface area contributed by atoms with Crippen molar-refractivity contribution in [2.24, 2.45) is 0 Å². The van der Waals surface area contributed by atoms with Crippen molar-refractivity contribution < 1.29 is 13.2 Å². The minimum atomic E-state index is -3.92. The van der Waals surface area contributed by atoms with Crippen molar-refractivity contribution in [3.63, 3.8) is 0 Å². The van der Waals surface area contributed by atoms with E-state index < -0.39 is 15.7 Å². The first-order chi connectivity index (χ1) is 10.5. The highest BCUT2D eigenvalue weighted by molar-refractivity contribution is 7.89. The minimum Gasteiger partial charge on any atom is -0.380 e. The molecule has 0 unspecified atom stereocenters. The molecule has 0 aliphatic heterocycles. The molecule has 0 atom stereocenters. The van der Waals surface area contributed by atoms with Crippen molar-refractivity contribution in [2.75, 3.05) is 19.8 Å². The van der Waals surface area contributed by atoms with Crippen LogP contribution in [0.3, 0.4) is 0 Å². The Labute approximate surface area is 126 Å². The standard InChI is InChI=1S/C11H14N6O4S/c1-3-6-17-11(18)16-8-12-10(9(16)14-15-17)22(19,20)13-5-7-21-4-2/h1,8,13H,4-7H2,2H3. The van der Waals surface area contributed by atoms with Gasteiger partial charge >= 0.3 is 5.69 Å². The van der Waals surface area contributed by atoms with E-state index in [0.29, 0.717) is 6.61 Å². The summed E-state index contributed by atoms with van der Waals surface area (Å²) in [6.45, 7) is 2.51. The SMILES string of the molecule is C#CCn1nnc2c(S(=O)(=O)NCCOCC)ncn2c1=O.